The maximum absolute atomic E-state index is 13.0. The highest BCUT2D eigenvalue weighted by molar-refractivity contribution is 5.91. The van der Waals surface area contributed by atoms with Crippen molar-refractivity contribution < 1.29 is 24.2 Å². The van der Waals surface area contributed by atoms with Crippen molar-refractivity contribution >= 4 is 17.7 Å². The molecule has 3 aromatic rings. The molecule has 9 heteroatoms. The van der Waals surface area contributed by atoms with Crippen molar-refractivity contribution in [3.05, 3.63) is 75.7 Å². The van der Waals surface area contributed by atoms with Gasteiger partial charge in [0.1, 0.15) is 11.5 Å². The minimum absolute atomic E-state index is 0.153. The molecule has 0 bridgehead atoms. The van der Waals surface area contributed by atoms with Gasteiger partial charge in [-0.15, -0.1) is 0 Å². The molecule has 1 atom stereocenters. The Hall–Kier alpha value is -4.27. The largest absolute Gasteiger partial charge is 0.505 e. The van der Waals surface area contributed by atoms with E-state index in [2.05, 4.69) is 10.6 Å². The number of carbonyl (C=O) groups excluding carboxylic acids is 2. The van der Waals surface area contributed by atoms with Crippen molar-refractivity contribution in [2.45, 2.75) is 33.2 Å². The van der Waals surface area contributed by atoms with Crippen LogP contribution in [0, 0.1) is 13.8 Å². The zero-order valence-electron chi connectivity index (χ0n) is 21.0. The van der Waals surface area contributed by atoms with Crippen LogP contribution in [0.2, 0.25) is 0 Å². The summed E-state index contributed by atoms with van der Waals surface area (Å²) in [6, 6.07) is 11.8. The molecule has 1 unspecified atom stereocenters. The van der Waals surface area contributed by atoms with Gasteiger partial charge in [-0.3, -0.25) is 9.59 Å². The number of esters is 1. The van der Waals surface area contributed by atoms with E-state index in [4.69, 9.17) is 9.47 Å². The van der Waals surface area contributed by atoms with Crippen LogP contribution < -0.4 is 20.9 Å². The number of hydrogen-bond acceptors (Lipinski definition) is 6. The average molecular weight is 494 g/mol. The number of methoxy groups -OCH3 is 1. The number of aromatic nitrogens is 1. The molecule has 1 aromatic heterocycles. The van der Waals surface area contributed by atoms with Crippen molar-refractivity contribution in [1.29, 1.82) is 0 Å². The van der Waals surface area contributed by atoms with Crippen LogP contribution in [0.4, 0.5) is 10.5 Å². The van der Waals surface area contributed by atoms with Gasteiger partial charge >= 0.3 is 12.0 Å². The summed E-state index contributed by atoms with van der Waals surface area (Å²) in [5.74, 6) is -0.275. The molecule has 0 saturated heterocycles. The number of carbonyl (C=O) groups is 2. The maximum atomic E-state index is 13.0. The fourth-order valence-electron chi connectivity index (χ4n) is 3.94. The van der Waals surface area contributed by atoms with Gasteiger partial charge < -0.3 is 29.8 Å². The van der Waals surface area contributed by atoms with Crippen LogP contribution in [0.3, 0.4) is 0 Å². The molecule has 1 heterocycles. The van der Waals surface area contributed by atoms with E-state index in [1.165, 1.54) is 24.9 Å². The van der Waals surface area contributed by atoms with Gasteiger partial charge in [0.05, 0.1) is 26.2 Å². The number of hydrogen-bond donors (Lipinski definition) is 3. The smallest absolute Gasteiger partial charge is 0.319 e. The SMILES string of the molecule is CCOC(=O)CC(NC(=O)Nc1c(O)c(C)cn(C)c1=O)c1cc(OC)cc(-c2ccccc2C)c1. The van der Waals surface area contributed by atoms with Gasteiger partial charge in [0.2, 0.25) is 0 Å². The van der Waals surface area contributed by atoms with E-state index in [-0.39, 0.29) is 24.5 Å². The zero-order chi connectivity index (χ0) is 26.4. The van der Waals surface area contributed by atoms with E-state index < -0.39 is 23.6 Å². The number of pyridine rings is 1. The normalized spacial score (nSPS) is 11.5. The first-order valence-electron chi connectivity index (χ1n) is 11.5. The Kier molecular flexibility index (Phi) is 8.37. The Bertz CT molecular complexity index is 1330. The highest BCUT2D eigenvalue weighted by Crippen LogP contribution is 2.32. The second-order valence-corrected chi connectivity index (χ2v) is 8.42. The van der Waals surface area contributed by atoms with Gasteiger partial charge in [0.15, 0.2) is 5.69 Å². The van der Waals surface area contributed by atoms with Crippen LogP contribution in [0.5, 0.6) is 11.5 Å². The molecule has 0 fully saturated rings. The molecule has 3 N–H and O–H groups in total. The van der Waals surface area contributed by atoms with Gasteiger partial charge in [-0.2, -0.15) is 0 Å². The highest BCUT2D eigenvalue weighted by Gasteiger charge is 2.23. The van der Waals surface area contributed by atoms with Gasteiger partial charge in [0, 0.05) is 18.8 Å². The van der Waals surface area contributed by atoms with Gasteiger partial charge in [0.25, 0.3) is 5.56 Å². The minimum atomic E-state index is -0.808. The third-order valence-corrected chi connectivity index (χ3v) is 5.77. The summed E-state index contributed by atoms with van der Waals surface area (Å²) in [6.07, 6.45) is 1.31. The second kappa shape index (κ2) is 11.4. The lowest BCUT2D eigenvalue weighted by Gasteiger charge is -2.21. The van der Waals surface area contributed by atoms with E-state index >= 15 is 0 Å². The summed E-state index contributed by atoms with van der Waals surface area (Å²) >= 11 is 0. The van der Waals surface area contributed by atoms with E-state index in [0.717, 1.165) is 16.7 Å². The third-order valence-electron chi connectivity index (χ3n) is 5.77. The van der Waals surface area contributed by atoms with Crippen LogP contribution in [-0.4, -0.2) is 35.4 Å². The van der Waals surface area contributed by atoms with Gasteiger partial charge in [-0.1, -0.05) is 24.3 Å². The molecule has 3 rings (SSSR count). The predicted molar refractivity (Wildman–Crippen MR) is 137 cm³/mol. The van der Waals surface area contributed by atoms with E-state index in [9.17, 15) is 19.5 Å². The molecular weight excluding hydrogens is 462 g/mol. The molecule has 0 aliphatic carbocycles. The number of nitrogens with one attached hydrogen (secondary N) is 2. The van der Waals surface area contributed by atoms with E-state index in [0.29, 0.717) is 16.9 Å². The fourth-order valence-corrected chi connectivity index (χ4v) is 3.94. The van der Waals surface area contributed by atoms with Crippen LogP contribution in [0.15, 0.2) is 53.5 Å². The molecule has 190 valence electrons. The third kappa shape index (κ3) is 6.04. The highest BCUT2D eigenvalue weighted by atomic mass is 16.5. The molecule has 2 aromatic carbocycles. The number of urea groups is 1. The Morgan fingerprint density at radius 3 is 2.50 bits per heavy atom. The molecule has 0 aliphatic heterocycles. The number of nitrogens with zero attached hydrogens (tertiary/aromatic N) is 1. The molecule has 36 heavy (non-hydrogen) atoms. The lowest BCUT2D eigenvalue weighted by Crippen LogP contribution is -2.36. The Balaban J connectivity index is 1.99. The average Bonchev–Trinajstić information content (AvgIpc) is 2.85. The van der Waals surface area contributed by atoms with Gasteiger partial charge in [-0.05, 0) is 61.2 Å². The first kappa shape index (κ1) is 26.3. The van der Waals surface area contributed by atoms with E-state index in [1.807, 2.05) is 43.3 Å². The summed E-state index contributed by atoms with van der Waals surface area (Å²) in [5, 5.41) is 15.5. The van der Waals surface area contributed by atoms with Crippen LogP contribution >= 0.6 is 0 Å². The van der Waals surface area contributed by atoms with E-state index in [1.54, 1.807) is 19.9 Å². The number of amides is 2. The summed E-state index contributed by atoms with van der Waals surface area (Å²) < 4.78 is 11.9. The predicted octanol–water partition coefficient (Wildman–Crippen LogP) is 4.20. The van der Waals surface area contributed by atoms with Gasteiger partial charge in [-0.25, -0.2) is 4.79 Å². The van der Waals surface area contributed by atoms with Crippen molar-refractivity contribution in [2.24, 2.45) is 7.05 Å². The van der Waals surface area contributed by atoms with Crippen LogP contribution in [0.1, 0.15) is 36.1 Å². The standard InChI is InChI=1S/C27H31N3O6/c1-6-36-23(31)14-22(28-27(34)29-24-25(32)17(3)15-30(4)26(24)33)19-11-18(12-20(13-19)35-5)21-10-8-7-9-16(21)2/h7-13,15,22,32H,6,14H2,1-5H3,(H2,28,29,34). The van der Waals surface area contributed by atoms with Crippen molar-refractivity contribution in [3.63, 3.8) is 0 Å². The first-order chi connectivity index (χ1) is 17.1. The Morgan fingerprint density at radius 2 is 1.83 bits per heavy atom. The van der Waals surface area contributed by atoms with Crippen molar-refractivity contribution in [3.8, 4) is 22.6 Å². The topological polar surface area (TPSA) is 119 Å². The maximum Gasteiger partial charge on any atom is 0.319 e. The summed E-state index contributed by atoms with van der Waals surface area (Å²) in [6.45, 7) is 5.50. The fraction of sp³-hybridized carbons (Fsp3) is 0.296. The van der Waals surface area contributed by atoms with Crippen LogP contribution in [-0.2, 0) is 16.6 Å². The number of aromatic hydroxyl groups is 1. The lowest BCUT2D eigenvalue weighted by atomic mass is 9.95. The molecule has 0 spiro atoms. The second-order valence-electron chi connectivity index (χ2n) is 8.42. The monoisotopic (exact) mass is 493 g/mol. The minimum Gasteiger partial charge on any atom is -0.505 e. The number of benzene rings is 2. The zero-order valence-corrected chi connectivity index (χ0v) is 21.0. The number of ether oxygens (including phenoxy) is 2. The summed E-state index contributed by atoms with van der Waals surface area (Å²) in [5.41, 5.74) is 3.09. The number of anilines is 1. The summed E-state index contributed by atoms with van der Waals surface area (Å²) in [4.78, 5) is 37.9. The number of rotatable bonds is 8. The molecule has 2 amide bonds. The number of aryl methyl sites for hydroxylation is 3. The molecule has 9 nitrogen and oxygen atoms in total. The molecular formula is C27H31N3O6. The Morgan fingerprint density at radius 1 is 1.11 bits per heavy atom. The molecule has 0 saturated carbocycles. The molecule has 0 radical (unpaired) electrons. The Labute approximate surface area is 209 Å². The molecule has 0 aliphatic rings. The van der Waals surface area contributed by atoms with Crippen molar-refractivity contribution in [1.82, 2.24) is 9.88 Å². The quantitative estimate of drug-likeness (QED) is 0.405. The first-order valence-corrected chi connectivity index (χ1v) is 11.5. The lowest BCUT2D eigenvalue weighted by molar-refractivity contribution is -0.143. The summed E-state index contributed by atoms with van der Waals surface area (Å²) in [7, 11) is 3.06. The van der Waals surface area contributed by atoms with Crippen LogP contribution in [0.25, 0.3) is 11.1 Å². The van der Waals surface area contributed by atoms with Crippen molar-refractivity contribution in [2.75, 3.05) is 19.0 Å².